The van der Waals surface area contributed by atoms with Crippen molar-refractivity contribution in [3.8, 4) is 0 Å². The van der Waals surface area contributed by atoms with Gasteiger partial charge in [0.25, 0.3) is 11.8 Å². The van der Waals surface area contributed by atoms with Gasteiger partial charge in [-0.3, -0.25) is 9.59 Å². The number of nitrogens with zero attached hydrogens (tertiary/aromatic N) is 2. The van der Waals surface area contributed by atoms with E-state index in [-0.39, 0.29) is 11.8 Å². The summed E-state index contributed by atoms with van der Waals surface area (Å²) in [4.78, 5) is 29.4. The van der Waals surface area contributed by atoms with Crippen LogP contribution in [0.5, 0.6) is 0 Å². The zero-order valence-electron chi connectivity index (χ0n) is 15.7. The molecule has 0 saturated carbocycles. The summed E-state index contributed by atoms with van der Waals surface area (Å²) >= 11 is 3.37. The second kappa shape index (κ2) is 8.57. The van der Waals surface area contributed by atoms with Crippen LogP contribution in [-0.2, 0) is 0 Å². The van der Waals surface area contributed by atoms with E-state index < -0.39 is 0 Å². The lowest BCUT2D eigenvalue weighted by molar-refractivity contribution is 0.0724. The van der Waals surface area contributed by atoms with E-state index in [1.165, 1.54) is 6.42 Å². The molecule has 5 nitrogen and oxygen atoms in total. The second-order valence-corrected chi connectivity index (χ2v) is 7.86. The Kier molecular flexibility index (Phi) is 6.16. The quantitative estimate of drug-likeness (QED) is 0.783. The molecular weight excluding hydrogens is 406 g/mol. The molecule has 1 N–H and O–H groups in total. The van der Waals surface area contributed by atoms with E-state index in [1.54, 1.807) is 18.2 Å². The van der Waals surface area contributed by atoms with E-state index in [1.807, 2.05) is 48.2 Å². The minimum Gasteiger partial charge on any atom is -0.377 e. The third kappa shape index (κ3) is 4.69. The van der Waals surface area contributed by atoms with Crippen LogP contribution in [0.15, 0.2) is 46.9 Å². The molecule has 2 aromatic rings. The van der Waals surface area contributed by atoms with Crippen molar-refractivity contribution in [1.82, 2.24) is 4.90 Å². The smallest absolute Gasteiger partial charge is 0.256 e. The number of hydrogen-bond donors (Lipinski definition) is 1. The molecule has 6 heteroatoms. The molecule has 0 aromatic heterocycles. The van der Waals surface area contributed by atoms with Gasteiger partial charge < -0.3 is 15.1 Å². The van der Waals surface area contributed by atoms with Crippen LogP contribution >= 0.6 is 15.9 Å². The number of anilines is 2. The van der Waals surface area contributed by atoms with Crippen LogP contribution in [0, 0.1) is 0 Å². The van der Waals surface area contributed by atoms with Crippen molar-refractivity contribution in [1.29, 1.82) is 0 Å². The monoisotopic (exact) mass is 429 g/mol. The van der Waals surface area contributed by atoms with Gasteiger partial charge in [0.05, 0.1) is 5.56 Å². The fourth-order valence-corrected chi connectivity index (χ4v) is 3.51. The van der Waals surface area contributed by atoms with Gasteiger partial charge in [0.2, 0.25) is 0 Å². The number of hydrogen-bond acceptors (Lipinski definition) is 3. The number of likely N-dealkylation sites (tertiary alicyclic amines) is 1. The van der Waals surface area contributed by atoms with Gasteiger partial charge in [-0.05, 0) is 61.7 Å². The summed E-state index contributed by atoms with van der Waals surface area (Å²) < 4.78 is 0.920. The summed E-state index contributed by atoms with van der Waals surface area (Å²) in [5.74, 6) is -0.172. The normalized spacial score (nSPS) is 14.0. The fraction of sp³-hybridized carbons (Fsp3) is 0.333. The van der Waals surface area contributed by atoms with Crippen molar-refractivity contribution in [2.45, 2.75) is 19.3 Å². The summed E-state index contributed by atoms with van der Waals surface area (Å²) in [7, 11) is 3.84. The SMILES string of the molecule is CN(C)c1ccc(NC(=O)c2ccc(Br)cc2)cc1C(=O)N1CCCCC1. The minimum atomic E-state index is -0.198. The largest absolute Gasteiger partial charge is 0.377 e. The first-order valence-electron chi connectivity index (χ1n) is 9.13. The first kappa shape index (κ1) is 19.4. The molecule has 27 heavy (non-hydrogen) atoms. The molecule has 1 aliphatic heterocycles. The topological polar surface area (TPSA) is 52.7 Å². The molecule has 1 saturated heterocycles. The van der Waals surface area contributed by atoms with Crippen molar-refractivity contribution < 1.29 is 9.59 Å². The molecule has 0 aliphatic carbocycles. The molecule has 1 aliphatic rings. The Hall–Kier alpha value is -2.34. The highest BCUT2D eigenvalue weighted by Crippen LogP contribution is 2.26. The average molecular weight is 430 g/mol. The number of carbonyl (C=O) groups is 2. The first-order chi connectivity index (χ1) is 13.0. The molecule has 0 radical (unpaired) electrons. The second-order valence-electron chi connectivity index (χ2n) is 6.94. The number of nitrogens with one attached hydrogen (secondary N) is 1. The number of piperidine rings is 1. The summed E-state index contributed by atoms with van der Waals surface area (Å²) in [5.41, 5.74) is 2.66. The van der Waals surface area contributed by atoms with E-state index in [2.05, 4.69) is 21.2 Å². The van der Waals surface area contributed by atoms with Crippen LogP contribution in [-0.4, -0.2) is 43.9 Å². The summed E-state index contributed by atoms with van der Waals surface area (Å²) in [6, 6.07) is 12.7. The molecule has 142 valence electrons. The number of rotatable bonds is 4. The minimum absolute atomic E-state index is 0.0261. The zero-order chi connectivity index (χ0) is 19.4. The maximum Gasteiger partial charge on any atom is 0.256 e. The molecule has 0 spiro atoms. The molecule has 0 atom stereocenters. The summed E-state index contributed by atoms with van der Waals surface area (Å²) in [6.45, 7) is 1.59. The van der Waals surface area contributed by atoms with Crippen LogP contribution < -0.4 is 10.2 Å². The predicted molar refractivity (Wildman–Crippen MR) is 113 cm³/mol. The number of benzene rings is 2. The van der Waals surface area contributed by atoms with Crippen molar-refractivity contribution in [3.63, 3.8) is 0 Å². The Morgan fingerprint density at radius 3 is 2.30 bits per heavy atom. The zero-order valence-corrected chi connectivity index (χ0v) is 17.3. The van der Waals surface area contributed by atoms with Crippen LogP contribution in [0.2, 0.25) is 0 Å². The standard InChI is InChI=1S/C21H24BrN3O2/c1-24(2)19-11-10-17(23-20(26)15-6-8-16(22)9-7-15)14-18(19)21(27)25-12-4-3-5-13-25/h6-11,14H,3-5,12-13H2,1-2H3,(H,23,26). The fourth-order valence-electron chi connectivity index (χ4n) is 3.25. The van der Waals surface area contributed by atoms with E-state index in [4.69, 9.17) is 0 Å². The third-order valence-corrected chi connectivity index (χ3v) is 5.24. The molecule has 2 amide bonds. The maximum absolute atomic E-state index is 13.1. The van der Waals surface area contributed by atoms with Gasteiger partial charge in [0.15, 0.2) is 0 Å². The molecule has 1 heterocycles. The lowest BCUT2D eigenvalue weighted by atomic mass is 10.1. The highest BCUT2D eigenvalue weighted by Gasteiger charge is 2.22. The molecule has 0 unspecified atom stereocenters. The van der Waals surface area contributed by atoms with Crippen molar-refractivity contribution in [2.75, 3.05) is 37.4 Å². The number of amides is 2. The van der Waals surface area contributed by atoms with Crippen molar-refractivity contribution in [3.05, 3.63) is 58.1 Å². The van der Waals surface area contributed by atoms with Crippen molar-refractivity contribution in [2.24, 2.45) is 0 Å². The van der Waals surface area contributed by atoms with Gasteiger partial charge >= 0.3 is 0 Å². The molecule has 3 rings (SSSR count). The molecular formula is C21H24BrN3O2. The van der Waals surface area contributed by atoms with E-state index >= 15 is 0 Å². The van der Waals surface area contributed by atoms with Crippen LogP contribution in [0.1, 0.15) is 40.0 Å². The lowest BCUT2D eigenvalue weighted by Gasteiger charge is -2.28. The van der Waals surface area contributed by atoms with Gasteiger partial charge in [-0.1, -0.05) is 15.9 Å². The van der Waals surface area contributed by atoms with E-state index in [9.17, 15) is 9.59 Å². The molecule has 0 bridgehead atoms. The van der Waals surface area contributed by atoms with E-state index in [0.29, 0.717) is 16.8 Å². The van der Waals surface area contributed by atoms with Crippen LogP contribution in [0.25, 0.3) is 0 Å². The Bertz CT molecular complexity index is 828. The summed E-state index contributed by atoms with van der Waals surface area (Å²) in [6.07, 6.45) is 3.26. The lowest BCUT2D eigenvalue weighted by Crippen LogP contribution is -2.36. The van der Waals surface area contributed by atoms with Gasteiger partial charge in [-0.15, -0.1) is 0 Å². The highest BCUT2D eigenvalue weighted by molar-refractivity contribution is 9.10. The van der Waals surface area contributed by atoms with E-state index in [0.717, 1.165) is 36.1 Å². The average Bonchev–Trinajstić information content (AvgIpc) is 2.68. The summed E-state index contributed by atoms with van der Waals surface area (Å²) in [5, 5.41) is 2.90. The third-order valence-electron chi connectivity index (χ3n) is 4.72. The Labute approximate surface area is 168 Å². The van der Waals surface area contributed by atoms with Gasteiger partial charge in [0, 0.05) is 48.6 Å². The van der Waals surface area contributed by atoms with Crippen LogP contribution in [0.4, 0.5) is 11.4 Å². The molecule has 2 aromatic carbocycles. The van der Waals surface area contributed by atoms with Crippen molar-refractivity contribution >= 4 is 39.1 Å². The number of halogens is 1. The van der Waals surface area contributed by atoms with Gasteiger partial charge in [-0.2, -0.15) is 0 Å². The van der Waals surface area contributed by atoms with Gasteiger partial charge in [0.1, 0.15) is 0 Å². The van der Waals surface area contributed by atoms with Gasteiger partial charge in [-0.25, -0.2) is 0 Å². The Balaban J connectivity index is 1.85. The molecule has 1 fully saturated rings. The predicted octanol–water partition coefficient (Wildman–Crippen LogP) is 4.39. The number of carbonyl (C=O) groups excluding carboxylic acids is 2. The van der Waals surface area contributed by atoms with Crippen LogP contribution in [0.3, 0.4) is 0 Å². The Morgan fingerprint density at radius 1 is 1.00 bits per heavy atom. The Morgan fingerprint density at radius 2 is 1.67 bits per heavy atom. The highest BCUT2D eigenvalue weighted by atomic mass is 79.9. The maximum atomic E-state index is 13.1. The first-order valence-corrected chi connectivity index (χ1v) is 9.92.